The fourth-order valence-electron chi connectivity index (χ4n) is 2.39. The molecule has 0 bridgehead atoms. The SMILES string of the molecule is CCNC1CC(Oc2cccc(Cl)c2F)C1OCCOC. The lowest BCUT2D eigenvalue weighted by Gasteiger charge is -2.44. The molecule has 1 aliphatic carbocycles. The Balaban J connectivity index is 1.96. The largest absolute Gasteiger partial charge is 0.484 e. The summed E-state index contributed by atoms with van der Waals surface area (Å²) in [4.78, 5) is 0. The lowest BCUT2D eigenvalue weighted by atomic mass is 9.85. The van der Waals surface area contributed by atoms with E-state index in [9.17, 15) is 4.39 Å². The third kappa shape index (κ3) is 4.07. The molecule has 2 rings (SSSR count). The number of nitrogens with one attached hydrogen (secondary N) is 1. The average Bonchev–Trinajstić information content (AvgIpc) is 2.46. The molecule has 0 heterocycles. The molecule has 6 heteroatoms. The van der Waals surface area contributed by atoms with Crippen molar-refractivity contribution in [2.75, 3.05) is 26.9 Å². The first-order valence-electron chi connectivity index (χ1n) is 7.12. The van der Waals surface area contributed by atoms with Crippen LogP contribution in [0.2, 0.25) is 5.02 Å². The van der Waals surface area contributed by atoms with Gasteiger partial charge in [0.15, 0.2) is 11.6 Å². The van der Waals surface area contributed by atoms with Gasteiger partial charge in [0, 0.05) is 19.6 Å². The number of ether oxygens (including phenoxy) is 3. The van der Waals surface area contributed by atoms with E-state index in [1.54, 1.807) is 19.2 Å². The summed E-state index contributed by atoms with van der Waals surface area (Å²) < 4.78 is 30.3. The van der Waals surface area contributed by atoms with Crippen molar-refractivity contribution in [3.63, 3.8) is 0 Å². The van der Waals surface area contributed by atoms with Crippen molar-refractivity contribution in [3.05, 3.63) is 29.0 Å². The molecule has 0 radical (unpaired) electrons. The molecule has 1 saturated carbocycles. The van der Waals surface area contributed by atoms with Gasteiger partial charge in [-0.1, -0.05) is 24.6 Å². The van der Waals surface area contributed by atoms with Crippen LogP contribution in [0.3, 0.4) is 0 Å². The second-order valence-corrected chi connectivity index (χ2v) is 5.34. The van der Waals surface area contributed by atoms with Crippen molar-refractivity contribution in [1.29, 1.82) is 0 Å². The number of benzene rings is 1. The highest BCUT2D eigenvalue weighted by molar-refractivity contribution is 6.30. The molecule has 1 fully saturated rings. The van der Waals surface area contributed by atoms with Gasteiger partial charge in [0.1, 0.15) is 12.2 Å². The molecular weight excluding hydrogens is 297 g/mol. The zero-order chi connectivity index (χ0) is 15.2. The van der Waals surface area contributed by atoms with E-state index in [1.807, 2.05) is 6.92 Å². The van der Waals surface area contributed by atoms with Crippen LogP contribution in [0.25, 0.3) is 0 Å². The zero-order valence-electron chi connectivity index (χ0n) is 12.3. The molecule has 4 nitrogen and oxygen atoms in total. The Morgan fingerprint density at radius 2 is 2.19 bits per heavy atom. The molecule has 3 unspecified atom stereocenters. The van der Waals surface area contributed by atoms with Crippen LogP contribution in [0.5, 0.6) is 5.75 Å². The van der Waals surface area contributed by atoms with Gasteiger partial charge in [-0.2, -0.15) is 0 Å². The second kappa shape index (κ2) is 7.94. The molecule has 0 spiro atoms. The molecular formula is C15H21ClFNO3. The third-order valence-electron chi connectivity index (χ3n) is 3.51. The van der Waals surface area contributed by atoms with Crippen LogP contribution in [0.1, 0.15) is 13.3 Å². The number of likely N-dealkylation sites (N-methyl/N-ethyl adjacent to an activating group) is 1. The highest BCUT2D eigenvalue weighted by Gasteiger charge is 2.43. The summed E-state index contributed by atoms with van der Waals surface area (Å²) >= 11 is 5.76. The van der Waals surface area contributed by atoms with Gasteiger partial charge in [-0.05, 0) is 18.7 Å². The Kier molecular flexibility index (Phi) is 6.23. The Bertz CT molecular complexity index is 461. The first kappa shape index (κ1) is 16.5. The number of hydrogen-bond donors (Lipinski definition) is 1. The summed E-state index contributed by atoms with van der Waals surface area (Å²) in [5, 5.41) is 3.40. The van der Waals surface area contributed by atoms with Crippen molar-refractivity contribution in [3.8, 4) is 5.75 Å². The molecule has 3 atom stereocenters. The number of hydrogen-bond acceptors (Lipinski definition) is 4. The monoisotopic (exact) mass is 317 g/mol. The van der Waals surface area contributed by atoms with Crippen LogP contribution < -0.4 is 10.1 Å². The van der Waals surface area contributed by atoms with Gasteiger partial charge in [-0.15, -0.1) is 0 Å². The fourth-order valence-corrected chi connectivity index (χ4v) is 2.55. The molecule has 1 aliphatic rings. The Labute approximate surface area is 129 Å². The van der Waals surface area contributed by atoms with Crippen LogP contribution in [-0.4, -0.2) is 45.1 Å². The van der Waals surface area contributed by atoms with E-state index < -0.39 is 5.82 Å². The minimum Gasteiger partial charge on any atom is -0.484 e. The van der Waals surface area contributed by atoms with Gasteiger partial charge in [0.05, 0.1) is 18.2 Å². The standard InChI is InChI=1S/C15H21ClFNO3/c1-3-18-11-9-13(15(11)20-8-7-19-2)21-12-6-4-5-10(16)14(12)17/h4-6,11,13,15,18H,3,7-9H2,1-2H3. The highest BCUT2D eigenvalue weighted by Crippen LogP contribution is 2.32. The maximum atomic E-state index is 13.9. The van der Waals surface area contributed by atoms with Gasteiger partial charge in [-0.3, -0.25) is 0 Å². The summed E-state index contributed by atoms with van der Waals surface area (Å²) in [6, 6.07) is 4.97. The van der Waals surface area contributed by atoms with Gasteiger partial charge in [0.25, 0.3) is 0 Å². The van der Waals surface area contributed by atoms with E-state index in [1.165, 1.54) is 6.07 Å². The summed E-state index contributed by atoms with van der Waals surface area (Å²) in [7, 11) is 1.63. The van der Waals surface area contributed by atoms with Crippen molar-refractivity contribution >= 4 is 11.6 Å². The Morgan fingerprint density at radius 3 is 2.90 bits per heavy atom. The Hall–Kier alpha value is -0.880. The van der Waals surface area contributed by atoms with Crippen molar-refractivity contribution < 1.29 is 18.6 Å². The highest BCUT2D eigenvalue weighted by atomic mass is 35.5. The predicted octanol–water partition coefficient (Wildman–Crippen LogP) is 2.64. The van der Waals surface area contributed by atoms with E-state index in [0.29, 0.717) is 13.2 Å². The second-order valence-electron chi connectivity index (χ2n) is 4.94. The summed E-state index contributed by atoms with van der Waals surface area (Å²) in [5.74, 6) is -0.357. The lowest BCUT2D eigenvalue weighted by Crippen LogP contribution is -2.61. The molecule has 0 saturated heterocycles. The van der Waals surface area contributed by atoms with Crippen molar-refractivity contribution in [2.24, 2.45) is 0 Å². The molecule has 118 valence electrons. The quantitative estimate of drug-likeness (QED) is 0.748. The Morgan fingerprint density at radius 1 is 1.38 bits per heavy atom. The molecule has 0 aliphatic heterocycles. The van der Waals surface area contributed by atoms with Crippen LogP contribution in [0.15, 0.2) is 18.2 Å². The third-order valence-corrected chi connectivity index (χ3v) is 3.80. The van der Waals surface area contributed by atoms with E-state index in [-0.39, 0.29) is 29.0 Å². The smallest absolute Gasteiger partial charge is 0.183 e. The first-order valence-corrected chi connectivity index (χ1v) is 7.49. The van der Waals surface area contributed by atoms with E-state index in [4.69, 9.17) is 25.8 Å². The first-order chi connectivity index (χ1) is 10.2. The molecule has 1 aromatic carbocycles. The maximum Gasteiger partial charge on any atom is 0.183 e. The summed E-state index contributed by atoms with van der Waals surface area (Å²) in [6.45, 7) is 3.90. The lowest BCUT2D eigenvalue weighted by molar-refractivity contribution is -0.116. The van der Waals surface area contributed by atoms with E-state index in [2.05, 4.69) is 5.32 Å². The summed E-state index contributed by atoms with van der Waals surface area (Å²) in [5.41, 5.74) is 0. The van der Waals surface area contributed by atoms with E-state index in [0.717, 1.165) is 13.0 Å². The van der Waals surface area contributed by atoms with Gasteiger partial charge in [0.2, 0.25) is 0 Å². The van der Waals surface area contributed by atoms with Crippen molar-refractivity contribution in [1.82, 2.24) is 5.32 Å². The normalized spacial score (nSPS) is 24.7. The van der Waals surface area contributed by atoms with Gasteiger partial charge < -0.3 is 19.5 Å². The fraction of sp³-hybridized carbons (Fsp3) is 0.600. The minimum absolute atomic E-state index is 0.0620. The number of methoxy groups -OCH3 is 1. The molecule has 1 N–H and O–H groups in total. The maximum absolute atomic E-state index is 13.9. The number of halogens is 2. The zero-order valence-corrected chi connectivity index (χ0v) is 13.0. The van der Waals surface area contributed by atoms with Crippen LogP contribution in [0.4, 0.5) is 4.39 Å². The molecule has 0 amide bonds. The topological polar surface area (TPSA) is 39.7 Å². The van der Waals surface area contributed by atoms with E-state index >= 15 is 0 Å². The average molecular weight is 318 g/mol. The predicted molar refractivity (Wildman–Crippen MR) is 79.5 cm³/mol. The summed E-state index contributed by atoms with van der Waals surface area (Å²) in [6.07, 6.45) is 0.481. The minimum atomic E-state index is -0.526. The van der Waals surface area contributed by atoms with Gasteiger partial charge in [-0.25, -0.2) is 4.39 Å². The van der Waals surface area contributed by atoms with Crippen LogP contribution in [0, 0.1) is 5.82 Å². The van der Waals surface area contributed by atoms with Gasteiger partial charge >= 0.3 is 0 Å². The molecule has 21 heavy (non-hydrogen) atoms. The number of rotatable bonds is 8. The molecule has 1 aromatic rings. The molecule has 0 aromatic heterocycles. The van der Waals surface area contributed by atoms with Crippen molar-refractivity contribution in [2.45, 2.75) is 31.6 Å². The van der Waals surface area contributed by atoms with Crippen LogP contribution in [-0.2, 0) is 9.47 Å². The van der Waals surface area contributed by atoms with Crippen LogP contribution >= 0.6 is 11.6 Å².